The highest BCUT2D eigenvalue weighted by atomic mass is 16.6. The summed E-state index contributed by atoms with van der Waals surface area (Å²) in [7, 11) is 1.56. The van der Waals surface area contributed by atoms with E-state index < -0.39 is 10.8 Å². The van der Waals surface area contributed by atoms with Crippen LogP contribution >= 0.6 is 0 Å². The van der Waals surface area contributed by atoms with Crippen molar-refractivity contribution in [1.82, 2.24) is 0 Å². The Hall–Kier alpha value is -3.48. The molecular weight excluding hydrogens is 372 g/mol. The number of methoxy groups -OCH3 is 1. The number of carbonyl (C=O) groups excluding carboxylic acids is 2. The molecule has 1 amide bonds. The van der Waals surface area contributed by atoms with E-state index in [1.807, 2.05) is 24.3 Å². The Morgan fingerprint density at radius 3 is 2.55 bits per heavy atom. The van der Waals surface area contributed by atoms with E-state index in [2.05, 4.69) is 0 Å². The maximum atomic E-state index is 13.2. The number of hydrogen-bond acceptors (Lipinski definition) is 5. The van der Waals surface area contributed by atoms with Crippen molar-refractivity contribution in [2.45, 2.75) is 31.6 Å². The van der Waals surface area contributed by atoms with Crippen LogP contribution in [0.4, 0.5) is 11.4 Å². The van der Waals surface area contributed by atoms with E-state index in [1.54, 1.807) is 25.3 Å². The number of para-hydroxylation sites is 3. The molecule has 0 saturated carbocycles. The van der Waals surface area contributed by atoms with Crippen molar-refractivity contribution in [2.75, 3.05) is 12.0 Å². The molecule has 0 aromatic heterocycles. The summed E-state index contributed by atoms with van der Waals surface area (Å²) >= 11 is 0. The van der Waals surface area contributed by atoms with Crippen molar-refractivity contribution >= 4 is 23.1 Å². The number of ketones is 1. The van der Waals surface area contributed by atoms with Gasteiger partial charge in [0.25, 0.3) is 5.69 Å². The molecule has 29 heavy (non-hydrogen) atoms. The molecule has 0 radical (unpaired) electrons. The summed E-state index contributed by atoms with van der Waals surface area (Å²) < 4.78 is 5.46. The largest absolute Gasteiger partial charge is 0.496 e. The van der Waals surface area contributed by atoms with Crippen molar-refractivity contribution in [3.63, 3.8) is 0 Å². The molecule has 7 heteroatoms. The molecule has 0 spiro atoms. The van der Waals surface area contributed by atoms with E-state index in [9.17, 15) is 19.7 Å². The van der Waals surface area contributed by atoms with Gasteiger partial charge in [0.1, 0.15) is 11.4 Å². The summed E-state index contributed by atoms with van der Waals surface area (Å²) in [5, 5.41) is 11.5. The maximum Gasteiger partial charge on any atom is 0.293 e. The predicted octanol–water partition coefficient (Wildman–Crippen LogP) is 4.13. The minimum absolute atomic E-state index is 0.0155. The van der Waals surface area contributed by atoms with Gasteiger partial charge in [0.2, 0.25) is 5.91 Å². The highest BCUT2D eigenvalue weighted by Gasteiger charge is 2.42. The van der Waals surface area contributed by atoms with Crippen LogP contribution in [0, 0.1) is 10.1 Å². The lowest BCUT2D eigenvalue weighted by Crippen LogP contribution is -2.40. The van der Waals surface area contributed by atoms with Crippen LogP contribution in [0.2, 0.25) is 0 Å². The molecule has 1 atom stereocenters. The Morgan fingerprint density at radius 1 is 1.07 bits per heavy atom. The second-order valence-corrected chi connectivity index (χ2v) is 7.11. The van der Waals surface area contributed by atoms with E-state index in [-0.39, 0.29) is 29.5 Å². The number of amides is 1. The van der Waals surface area contributed by atoms with Gasteiger partial charge in [0, 0.05) is 41.7 Å². The van der Waals surface area contributed by atoms with Crippen molar-refractivity contribution in [1.29, 1.82) is 0 Å². The molecule has 148 valence electrons. The number of nitro benzene ring substituents is 1. The number of rotatable bonds is 4. The molecule has 0 saturated heterocycles. The van der Waals surface area contributed by atoms with E-state index >= 15 is 0 Å². The minimum atomic E-state index is -0.500. The average molecular weight is 392 g/mol. The van der Waals surface area contributed by atoms with Gasteiger partial charge in [-0.1, -0.05) is 30.3 Å². The summed E-state index contributed by atoms with van der Waals surface area (Å²) in [6, 6.07) is 13.5. The topological polar surface area (TPSA) is 89.8 Å². The molecule has 4 rings (SSSR count). The third-order valence-electron chi connectivity index (χ3n) is 5.51. The van der Waals surface area contributed by atoms with Crippen molar-refractivity contribution < 1.29 is 19.2 Å². The number of allylic oxidation sites excluding steroid dienone is 2. The normalized spacial score (nSPS) is 19.2. The van der Waals surface area contributed by atoms with Crippen molar-refractivity contribution in [3.8, 4) is 5.75 Å². The lowest BCUT2D eigenvalue weighted by Gasteiger charge is -2.38. The second kappa shape index (κ2) is 7.50. The SMILES string of the molecule is COc1ccccc1C1CC(=O)N(c2ccccc2[N+](=O)[O-])C2=C1C(=O)CCC2. The van der Waals surface area contributed by atoms with Crippen LogP contribution < -0.4 is 9.64 Å². The second-order valence-electron chi connectivity index (χ2n) is 7.11. The highest BCUT2D eigenvalue weighted by Crippen LogP contribution is 2.46. The van der Waals surface area contributed by atoms with E-state index in [0.717, 1.165) is 5.56 Å². The Labute approximate surface area is 167 Å². The van der Waals surface area contributed by atoms with E-state index in [4.69, 9.17) is 4.74 Å². The molecule has 1 aliphatic carbocycles. The number of carbonyl (C=O) groups is 2. The molecule has 0 fully saturated rings. The van der Waals surface area contributed by atoms with E-state index in [0.29, 0.717) is 36.3 Å². The molecule has 0 N–H and O–H groups in total. The van der Waals surface area contributed by atoms with Gasteiger partial charge in [0.05, 0.1) is 12.0 Å². The van der Waals surface area contributed by atoms with Gasteiger partial charge in [0.15, 0.2) is 5.78 Å². The third-order valence-corrected chi connectivity index (χ3v) is 5.51. The van der Waals surface area contributed by atoms with Gasteiger partial charge in [-0.15, -0.1) is 0 Å². The molecule has 7 nitrogen and oxygen atoms in total. The predicted molar refractivity (Wildman–Crippen MR) is 107 cm³/mol. The third kappa shape index (κ3) is 3.18. The Morgan fingerprint density at radius 2 is 1.79 bits per heavy atom. The summed E-state index contributed by atoms with van der Waals surface area (Å²) in [5.74, 6) is -0.0722. The summed E-state index contributed by atoms with van der Waals surface area (Å²) in [5.41, 5.74) is 1.99. The Balaban J connectivity index is 1.92. The van der Waals surface area contributed by atoms with Crippen LogP contribution in [0.3, 0.4) is 0 Å². The zero-order valence-corrected chi connectivity index (χ0v) is 16.0. The molecule has 1 aliphatic heterocycles. The number of Topliss-reactive ketones (excluding diaryl/α,β-unsaturated/α-hetero) is 1. The lowest BCUT2D eigenvalue weighted by atomic mass is 9.77. The highest BCUT2D eigenvalue weighted by molar-refractivity contribution is 6.08. The Bertz CT molecular complexity index is 1040. The summed E-state index contributed by atoms with van der Waals surface area (Å²) in [4.78, 5) is 38.6. The zero-order chi connectivity index (χ0) is 20.5. The van der Waals surface area contributed by atoms with Gasteiger partial charge in [-0.3, -0.25) is 24.6 Å². The number of hydrogen-bond donors (Lipinski definition) is 0. The summed E-state index contributed by atoms with van der Waals surface area (Å²) in [6.45, 7) is 0. The monoisotopic (exact) mass is 392 g/mol. The Kier molecular flexibility index (Phi) is 4.88. The van der Waals surface area contributed by atoms with Crippen molar-refractivity contribution in [3.05, 3.63) is 75.5 Å². The quantitative estimate of drug-likeness (QED) is 0.576. The first kappa shape index (κ1) is 18.9. The standard InChI is InChI=1S/C22H20N2O5/c1-29-20-12-5-2-7-14(20)15-13-21(26)23(18-10-6-11-19(25)22(15)18)16-8-3-4-9-17(16)24(27)28/h2-5,7-9,12,15H,6,10-11,13H2,1H3. The van der Waals surface area contributed by atoms with Gasteiger partial charge in [-0.05, 0) is 25.0 Å². The molecule has 2 aromatic rings. The van der Waals surface area contributed by atoms with Gasteiger partial charge >= 0.3 is 0 Å². The van der Waals surface area contributed by atoms with Crippen LogP contribution in [0.1, 0.15) is 37.2 Å². The number of nitro groups is 1. The number of anilines is 1. The van der Waals surface area contributed by atoms with Gasteiger partial charge in [-0.2, -0.15) is 0 Å². The lowest BCUT2D eigenvalue weighted by molar-refractivity contribution is -0.384. The zero-order valence-electron chi connectivity index (χ0n) is 16.0. The fourth-order valence-corrected chi connectivity index (χ4v) is 4.30. The van der Waals surface area contributed by atoms with E-state index in [1.165, 1.54) is 11.0 Å². The first-order chi connectivity index (χ1) is 14.0. The van der Waals surface area contributed by atoms with Crippen LogP contribution in [0.25, 0.3) is 0 Å². The van der Waals surface area contributed by atoms with Gasteiger partial charge in [-0.25, -0.2) is 0 Å². The smallest absolute Gasteiger partial charge is 0.293 e. The van der Waals surface area contributed by atoms with Crippen LogP contribution in [-0.4, -0.2) is 23.7 Å². The number of ether oxygens (including phenoxy) is 1. The van der Waals surface area contributed by atoms with Crippen LogP contribution in [0.5, 0.6) is 5.75 Å². The molecule has 0 bridgehead atoms. The fraction of sp³-hybridized carbons (Fsp3) is 0.273. The molecule has 2 aromatic carbocycles. The first-order valence-electron chi connectivity index (χ1n) is 9.48. The maximum absolute atomic E-state index is 13.2. The molecule has 2 aliphatic rings. The van der Waals surface area contributed by atoms with Crippen LogP contribution in [0.15, 0.2) is 59.8 Å². The molecule has 1 heterocycles. The first-order valence-corrected chi connectivity index (χ1v) is 9.48. The summed E-state index contributed by atoms with van der Waals surface area (Å²) in [6.07, 6.45) is 1.59. The van der Waals surface area contributed by atoms with Crippen LogP contribution in [-0.2, 0) is 9.59 Å². The average Bonchev–Trinajstić information content (AvgIpc) is 2.73. The number of benzene rings is 2. The molecule has 1 unspecified atom stereocenters. The molecular formula is C22H20N2O5. The minimum Gasteiger partial charge on any atom is -0.496 e. The fourth-order valence-electron chi connectivity index (χ4n) is 4.30. The number of nitrogens with zero attached hydrogens (tertiary/aromatic N) is 2. The van der Waals surface area contributed by atoms with Gasteiger partial charge < -0.3 is 4.74 Å². The van der Waals surface area contributed by atoms with Crippen molar-refractivity contribution in [2.24, 2.45) is 0 Å².